The number of likely N-dealkylation sites (tertiary alicyclic amines) is 1. The van der Waals surface area contributed by atoms with E-state index in [-0.39, 0.29) is 17.9 Å². The Balaban J connectivity index is 1.62. The van der Waals surface area contributed by atoms with Crippen LogP contribution in [0.5, 0.6) is 0 Å². The van der Waals surface area contributed by atoms with E-state index in [0.717, 1.165) is 55.0 Å². The molecule has 0 unspecified atom stereocenters. The molecule has 2 atom stereocenters. The van der Waals surface area contributed by atoms with Gasteiger partial charge in [0.1, 0.15) is 0 Å². The van der Waals surface area contributed by atoms with E-state index < -0.39 is 10.0 Å². The summed E-state index contributed by atoms with van der Waals surface area (Å²) in [7, 11) is -3.20. The largest absolute Gasteiger partial charge is 0.377 e. The van der Waals surface area contributed by atoms with Gasteiger partial charge in [0.25, 0.3) is 5.91 Å². The third-order valence-electron chi connectivity index (χ3n) is 5.01. The number of hydrogen-bond acceptors (Lipinski definition) is 5. The fourth-order valence-electron chi connectivity index (χ4n) is 3.58. The molecule has 1 aromatic carbocycles. The molecule has 0 aromatic heterocycles. The van der Waals surface area contributed by atoms with Crippen LogP contribution in [0.4, 0.5) is 0 Å². The number of benzene rings is 1. The number of ether oxygens (including phenoxy) is 1. The summed E-state index contributed by atoms with van der Waals surface area (Å²) in [4.78, 5) is 16.0. The van der Waals surface area contributed by atoms with Crippen LogP contribution < -0.4 is 4.72 Å². The molecule has 1 N–H and O–H groups in total. The van der Waals surface area contributed by atoms with E-state index in [0.29, 0.717) is 13.1 Å². The lowest BCUT2D eigenvalue weighted by Gasteiger charge is -2.33. The Kier molecular flexibility index (Phi) is 7.19. The SMILES string of the molecule is CS(=O)(=O)NC[C@@H]1CCCN(C(=O)c2ccccc2SC[C@H]2CCCO2)C1. The van der Waals surface area contributed by atoms with Gasteiger partial charge in [0, 0.05) is 36.9 Å². The van der Waals surface area contributed by atoms with Crippen LogP contribution >= 0.6 is 11.8 Å². The number of piperidine rings is 1. The van der Waals surface area contributed by atoms with Crippen LogP contribution in [0.2, 0.25) is 0 Å². The zero-order valence-corrected chi connectivity index (χ0v) is 17.4. The van der Waals surface area contributed by atoms with Crippen LogP contribution in [0.25, 0.3) is 0 Å². The van der Waals surface area contributed by atoms with Crippen molar-refractivity contribution in [2.45, 2.75) is 36.7 Å². The first-order chi connectivity index (χ1) is 12.9. The van der Waals surface area contributed by atoms with E-state index in [4.69, 9.17) is 4.74 Å². The molecule has 2 fully saturated rings. The molecule has 0 aliphatic carbocycles. The Morgan fingerprint density at radius 1 is 1.30 bits per heavy atom. The van der Waals surface area contributed by atoms with Crippen LogP contribution in [0.1, 0.15) is 36.0 Å². The summed E-state index contributed by atoms with van der Waals surface area (Å²) in [5.41, 5.74) is 0.734. The third kappa shape index (κ3) is 6.20. The van der Waals surface area contributed by atoms with Gasteiger partial charge in [0.15, 0.2) is 0 Å². The number of sulfonamides is 1. The zero-order valence-electron chi connectivity index (χ0n) is 15.7. The van der Waals surface area contributed by atoms with Crippen LogP contribution in [0.3, 0.4) is 0 Å². The normalized spacial score (nSPS) is 23.5. The van der Waals surface area contributed by atoms with Gasteiger partial charge in [0.2, 0.25) is 10.0 Å². The van der Waals surface area contributed by atoms with Crippen LogP contribution in [-0.2, 0) is 14.8 Å². The molecule has 2 saturated heterocycles. The minimum atomic E-state index is -3.20. The summed E-state index contributed by atoms with van der Waals surface area (Å²) in [6, 6.07) is 7.75. The number of hydrogen-bond donors (Lipinski definition) is 1. The molecule has 1 amide bonds. The lowest BCUT2D eigenvalue weighted by molar-refractivity contribution is 0.0673. The van der Waals surface area contributed by atoms with Crippen molar-refractivity contribution in [2.24, 2.45) is 5.92 Å². The Morgan fingerprint density at radius 2 is 2.11 bits per heavy atom. The summed E-state index contributed by atoms with van der Waals surface area (Å²) in [6.07, 6.45) is 5.47. The Morgan fingerprint density at radius 3 is 2.85 bits per heavy atom. The van der Waals surface area contributed by atoms with E-state index in [1.165, 1.54) is 6.26 Å². The number of amides is 1. The molecule has 2 aliphatic heterocycles. The highest BCUT2D eigenvalue weighted by Crippen LogP contribution is 2.28. The van der Waals surface area contributed by atoms with Gasteiger partial charge >= 0.3 is 0 Å². The maximum Gasteiger partial charge on any atom is 0.254 e. The van der Waals surface area contributed by atoms with Crippen molar-refractivity contribution < 1.29 is 17.9 Å². The average Bonchev–Trinajstić information content (AvgIpc) is 3.18. The van der Waals surface area contributed by atoms with Gasteiger partial charge in [-0.2, -0.15) is 0 Å². The molecule has 3 rings (SSSR count). The van der Waals surface area contributed by atoms with Crippen LogP contribution in [0.15, 0.2) is 29.2 Å². The highest BCUT2D eigenvalue weighted by Gasteiger charge is 2.26. The number of nitrogens with zero attached hydrogens (tertiary/aromatic N) is 1. The van der Waals surface area contributed by atoms with E-state index in [9.17, 15) is 13.2 Å². The summed E-state index contributed by atoms with van der Waals surface area (Å²) >= 11 is 1.69. The number of carbonyl (C=O) groups excluding carboxylic acids is 1. The fourth-order valence-corrected chi connectivity index (χ4v) is 5.24. The topological polar surface area (TPSA) is 75.7 Å². The lowest BCUT2D eigenvalue weighted by Crippen LogP contribution is -2.43. The molecular weight excluding hydrogens is 384 g/mol. The Hall–Kier alpha value is -1.09. The van der Waals surface area contributed by atoms with Crippen molar-refractivity contribution in [1.29, 1.82) is 0 Å². The van der Waals surface area contributed by atoms with E-state index in [1.54, 1.807) is 11.8 Å². The van der Waals surface area contributed by atoms with Crippen molar-refractivity contribution in [3.8, 4) is 0 Å². The number of nitrogens with one attached hydrogen (secondary N) is 1. The van der Waals surface area contributed by atoms with Gasteiger partial charge in [-0.1, -0.05) is 12.1 Å². The second-order valence-electron chi connectivity index (χ2n) is 7.32. The fraction of sp³-hybridized carbons (Fsp3) is 0.632. The summed E-state index contributed by atoms with van der Waals surface area (Å²) in [6.45, 7) is 2.53. The van der Waals surface area contributed by atoms with Crippen molar-refractivity contribution >= 4 is 27.7 Å². The highest BCUT2D eigenvalue weighted by atomic mass is 32.2. The molecule has 1 aromatic rings. The molecule has 8 heteroatoms. The molecule has 0 radical (unpaired) electrons. The first kappa shape index (κ1) is 20.6. The quantitative estimate of drug-likeness (QED) is 0.696. The van der Waals surface area contributed by atoms with Crippen molar-refractivity contribution in [3.63, 3.8) is 0 Å². The van der Waals surface area contributed by atoms with Gasteiger partial charge in [-0.25, -0.2) is 13.1 Å². The standard InChI is InChI=1S/C19H28N2O4S2/c1-27(23,24)20-12-15-6-4-10-21(13-15)19(22)17-8-2-3-9-18(17)26-14-16-7-5-11-25-16/h2-3,8-9,15-16,20H,4-7,10-14H2,1H3/t15-,16+/m0/s1. The van der Waals surface area contributed by atoms with Gasteiger partial charge in [-0.15, -0.1) is 11.8 Å². The monoisotopic (exact) mass is 412 g/mol. The summed E-state index contributed by atoms with van der Waals surface area (Å²) in [5.74, 6) is 1.06. The first-order valence-corrected chi connectivity index (χ1v) is 12.4. The van der Waals surface area contributed by atoms with Crippen LogP contribution in [-0.4, -0.2) is 63.6 Å². The number of thioether (sulfide) groups is 1. The van der Waals surface area contributed by atoms with E-state index in [1.807, 2.05) is 29.2 Å². The third-order valence-corrected chi connectivity index (χ3v) is 6.90. The summed E-state index contributed by atoms with van der Waals surface area (Å²) < 4.78 is 30.9. The second-order valence-corrected chi connectivity index (χ2v) is 10.2. The van der Waals surface area contributed by atoms with Crippen molar-refractivity contribution in [1.82, 2.24) is 9.62 Å². The van der Waals surface area contributed by atoms with Gasteiger partial charge in [-0.05, 0) is 43.7 Å². The second kappa shape index (κ2) is 9.41. The molecule has 150 valence electrons. The van der Waals surface area contributed by atoms with E-state index >= 15 is 0 Å². The van der Waals surface area contributed by atoms with Gasteiger partial charge < -0.3 is 9.64 Å². The predicted molar refractivity (Wildman–Crippen MR) is 108 cm³/mol. The molecule has 2 aliphatic rings. The summed E-state index contributed by atoms with van der Waals surface area (Å²) in [5, 5.41) is 0. The van der Waals surface area contributed by atoms with Crippen LogP contribution in [0, 0.1) is 5.92 Å². The molecule has 0 spiro atoms. The molecule has 27 heavy (non-hydrogen) atoms. The molecule has 2 heterocycles. The molecular formula is C19H28N2O4S2. The smallest absolute Gasteiger partial charge is 0.254 e. The van der Waals surface area contributed by atoms with Crippen molar-refractivity contribution in [3.05, 3.63) is 29.8 Å². The van der Waals surface area contributed by atoms with E-state index in [2.05, 4.69) is 4.72 Å². The zero-order chi connectivity index (χ0) is 19.3. The molecule has 0 saturated carbocycles. The first-order valence-electron chi connectivity index (χ1n) is 9.50. The number of carbonyl (C=O) groups is 1. The minimum absolute atomic E-state index is 0.0366. The average molecular weight is 413 g/mol. The number of rotatable bonds is 7. The maximum absolute atomic E-state index is 13.1. The predicted octanol–water partition coefficient (Wildman–Crippen LogP) is 2.36. The highest BCUT2D eigenvalue weighted by molar-refractivity contribution is 7.99. The Labute approximate surface area is 166 Å². The lowest BCUT2D eigenvalue weighted by atomic mass is 9.97. The molecule has 6 nitrogen and oxygen atoms in total. The molecule has 0 bridgehead atoms. The Bertz CT molecular complexity index is 748. The maximum atomic E-state index is 13.1. The minimum Gasteiger partial charge on any atom is -0.377 e. The van der Waals surface area contributed by atoms with Gasteiger partial charge in [0.05, 0.1) is 17.9 Å². The van der Waals surface area contributed by atoms with Gasteiger partial charge in [-0.3, -0.25) is 4.79 Å². The van der Waals surface area contributed by atoms with Crippen molar-refractivity contribution in [2.75, 3.05) is 38.2 Å².